The van der Waals surface area contributed by atoms with Gasteiger partial charge in [0.25, 0.3) is 0 Å². The van der Waals surface area contributed by atoms with Gasteiger partial charge in [-0.3, -0.25) is 4.79 Å². The van der Waals surface area contributed by atoms with Gasteiger partial charge in [0.1, 0.15) is 0 Å². The highest BCUT2D eigenvalue weighted by Gasteiger charge is 2.33. The molecule has 58 valence electrons. The van der Waals surface area contributed by atoms with Crippen LogP contribution in [0.4, 0.5) is 0 Å². The summed E-state index contributed by atoms with van der Waals surface area (Å²) >= 11 is 0. The van der Waals surface area contributed by atoms with E-state index in [2.05, 4.69) is 12.2 Å². The molecule has 1 rings (SSSR count). The third-order valence-corrected chi connectivity index (χ3v) is 1.83. The Labute approximate surface area is 61.0 Å². The summed E-state index contributed by atoms with van der Waals surface area (Å²) in [6, 6.07) is 0.444. The SMILES string of the molecule is CC1CC1NC(=O)CCN. The zero-order valence-electron chi connectivity index (χ0n) is 6.26. The smallest absolute Gasteiger partial charge is 0.221 e. The summed E-state index contributed by atoms with van der Waals surface area (Å²) in [5.41, 5.74) is 5.20. The van der Waals surface area contributed by atoms with Gasteiger partial charge in [-0.2, -0.15) is 0 Å². The van der Waals surface area contributed by atoms with Gasteiger partial charge in [-0.15, -0.1) is 0 Å². The predicted octanol–water partition coefficient (Wildman–Crippen LogP) is -0.140. The van der Waals surface area contributed by atoms with Gasteiger partial charge in [-0.1, -0.05) is 6.92 Å². The number of carbonyl (C=O) groups is 1. The molecule has 1 aliphatic carbocycles. The lowest BCUT2D eigenvalue weighted by Gasteiger charge is -2.00. The summed E-state index contributed by atoms with van der Waals surface area (Å²) in [7, 11) is 0. The van der Waals surface area contributed by atoms with Gasteiger partial charge in [0, 0.05) is 19.0 Å². The zero-order valence-corrected chi connectivity index (χ0v) is 6.26. The minimum absolute atomic E-state index is 0.0943. The first kappa shape index (κ1) is 7.54. The minimum atomic E-state index is 0.0943. The average Bonchev–Trinajstić information content (AvgIpc) is 2.47. The topological polar surface area (TPSA) is 55.1 Å². The molecule has 0 bridgehead atoms. The van der Waals surface area contributed by atoms with E-state index in [1.165, 1.54) is 0 Å². The molecule has 0 saturated heterocycles. The summed E-state index contributed by atoms with van der Waals surface area (Å²) < 4.78 is 0. The van der Waals surface area contributed by atoms with Crippen molar-refractivity contribution in [1.29, 1.82) is 0 Å². The van der Waals surface area contributed by atoms with E-state index in [4.69, 9.17) is 5.73 Å². The summed E-state index contributed by atoms with van der Waals surface area (Å²) in [6.45, 7) is 2.58. The highest BCUT2D eigenvalue weighted by molar-refractivity contribution is 5.76. The summed E-state index contributed by atoms with van der Waals surface area (Å²) in [5.74, 6) is 0.776. The molecule has 0 radical (unpaired) electrons. The first-order chi connectivity index (χ1) is 4.74. The molecule has 0 heterocycles. The number of nitrogens with one attached hydrogen (secondary N) is 1. The molecule has 10 heavy (non-hydrogen) atoms. The maximum absolute atomic E-state index is 10.8. The molecule has 1 aliphatic rings. The summed E-state index contributed by atoms with van der Waals surface area (Å²) in [4.78, 5) is 10.8. The van der Waals surface area contributed by atoms with Crippen molar-refractivity contribution in [3.63, 3.8) is 0 Å². The summed E-state index contributed by atoms with van der Waals surface area (Å²) in [6.07, 6.45) is 1.60. The summed E-state index contributed by atoms with van der Waals surface area (Å²) in [5, 5.41) is 2.89. The van der Waals surface area contributed by atoms with E-state index in [9.17, 15) is 4.79 Å². The molecular formula is C7H14N2O. The van der Waals surface area contributed by atoms with Crippen molar-refractivity contribution >= 4 is 5.91 Å². The Kier molecular flexibility index (Phi) is 2.27. The number of rotatable bonds is 3. The van der Waals surface area contributed by atoms with Crippen LogP contribution in [0.5, 0.6) is 0 Å². The first-order valence-corrected chi connectivity index (χ1v) is 3.73. The van der Waals surface area contributed by atoms with Gasteiger partial charge in [0.2, 0.25) is 5.91 Å². The van der Waals surface area contributed by atoms with Gasteiger partial charge in [0.05, 0.1) is 0 Å². The highest BCUT2D eigenvalue weighted by atomic mass is 16.1. The molecule has 3 N–H and O–H groups in total. The molecule has 1 amide bonds. The Morgan fingerprint density at radius 3 is 2.80 bits per heavy atom. The van der Waals surface area contributed by atoms with Crippen molar-refractivity contribution in [2.24, 2.45) is 11.7 Å². The van der Waals surface area contributed by atoms with Crippen molar-refractivity contribution in [2.75, 3.05) is 6.54 Å². The van der Waals surface area contributed by atoms with Crippen molar-refractivity contribution in [1.82, 2.24) is 5.32 Å². The minimum Gasteiger partial charge on any atom is -0.353 e. The van der Waals surface area contributed by atoms with Gasteiger partial charge >= 0.3 is 0 Å². The van der Waals surface area contributed by atoms with E-state index in [0.717, 1.165) is 6.42 Å². The van der Waals surface area contributed by atoms with Crippen molar-refractivity contribution in [3.05, 3.63) is 0 Å². The Bertz CT molecular complexity index is 136. The molecule has 2 unspecified atom stereocenters. The van der Waals surface area contributed by atoms with E-state index in [1.807, 2.05) is 0 Å². The lowest BCUT2D eigenvalue weighted by atomic mass is 10.4. The van der Waals surface area contributed by atoms with Gasteiger partial charge in [0.15, 0.2) is 0 Å². The molecular weight excluding hydrogens is 128 g/mol. The lowest BCUT2D eigenvalue weighted by molar-refractivity contribution is -0.121. The van der Waals surface area contributed by atoms with Crippen LogP contribution in [-0.4, -0.2) is 18.5 Å². The number of carbonyl (C=O) groups excluding carboxylic acids is 1. The maximum atomic E-state index is 10.8. The average molecular weight is 142 g/mol. The molecule has 0 aromatic carbocycles. The van der Waals surface area contributed by atoms with Crippen LogP contribution < -0.4 is 11.1 Å². The second-order valence-corrected chi connectivity index (χ2v) is 2.93. The standard InChI is InChI=1S/C7H14N2O/c1-5-4-6(5)9-7(10)2-3-8/h5-6H,2-4,8H2,1H3,(H,9,10). The molecule has 0 spiro atoms. The third kappa shape index (κ3) is 1.99. The molecule has 0 aromatic heterocycles. The maximum Gasteiger partial charge on any atom is 0.221 e. The van der Waals surface area contributed by atoms with Gasteiger partial charge in [-0.25, -0.2) is 0 Å². The largest absolute Gasteiger partial charge is 0.353 e. The van der Waals surface area contributed by atoms with Gasteiger partial charge < -0.3 is 11.1 Å². The van der Waals surface area contributed by atoms with Crippen LogP contribution in [0.25, 0.3) is 0 Å². The number of hydrogen-bond donors (Lipinski definition) is 2. The van der Waals surface area contributed by atoms with Crippen molar-refractivity contribution in [2.45, 2.75) is 25.8 Å². The Hall–Kier alpha value is -0.570. The normalized spacial score (nSPS) is 29.8. The molecule has 1 fully saturated rings. The van der Waals surface area contributed by atoms with E-state index in [1.54, 1.807) is 0 Å². The monoisotopic (exact) mass is 142 g/mol. The second-order valence-electron chi connectivity index (χ2n) is 2.93. The zero-order chi connectivity index (χ0) is 7.56. The molecule has 3 nitrogen and oxygen atoms in total. The van der Waals surface area contributed by atoms with Crippen molar-refractivity contribution in [3.8, 4) is 0 Å². The van der Waals surface area contributed by atoms with Crippen LogP contribution in [0.3, 0.4) is 0 Å². The first-order valence-electron chi connectivity index (χ1n) is 3.73. The molecule has 0 aliphatic heterocycles. The van der Waals surface area contributed by atoms with E-state index in [-0.39, 0.29) is 5.91 Å². The molecule has 2 atom stereocenters. The fraction of sp³-hybridized carbons (Fsp3) is 0.857. The fourth-order valence-electron chi connectivity index (χ4n) is 0.933. The Morgan fingerprint density at radius 2 is 2.40 bits per heavy atom. The third-order valence-electron chi connectivity index (χ3n) is 1.83. The van der Waals surface area contributed by atoms with Crippen LogP contribution in [-0.2, 0) is 4.79 Å². The molecule has 3 heteroatoms. The second kappa shape index (κ2) is 3.01. The molecule has 0 aromatic rings. The van der Waals surface area contributed by atoms with Gasteiger partial charge in [-0.05, 0) is 12.3 Å². The highest BCUT2D eigenvalue weighted by Crippen LogP contribution is 2.28. The van der Waals surface area contributed by atoms with Crippen LogP contribution in [0.1, 0.15) is 19.8 Å². The predicted molar refractivity (Wildman–Crippen MR) is 39.4 cm³/mol. The lowest BCUT2D eigenvalue weighted by Crippen LogP contribution is -2.28. The van der Waals surface area contributed by atoms with E-state index < -0.39 is 0 Å². The number of amides is 1. The van der Waals surface area contributed by atoms with Crippen molar-refractivity contribution < 1.29 is 4.79 Å². The van der Waals surface area contributed by atoms with Crippen LogP contribution in [0, 0.1) is 5.92 Å². The fourth-order valence-corrected chi connectivity index (χ4v) is 0.933. The molecule has 1 saturated carbocycles. The van der Waals surface area contributed by atoms with Crippen LogP contribution >= 0.6 is 0 Å². The van der Waals surface area contributed by atoms with E-state index >= 15 is 0 Å². The van der Waals surface area contributed by atoms with E-state index in [0.29, 0.717) is 24.9 Å². The van der Waals surface area contributed by atoms with Crippen LogP contribution in [0.15, 0.2) is 0 Å². The number of hydrogen-bond acceptors (Lipinski definition) is 2. The Balaban J connectivity index is 2.07. The Morgan fingerprint density at radius 1 is 1.80 bits per heavy atom. The van der Waals surface area contributed by atoms with Crippen LogP contribution in [0.2, 0.25) is 0 Å². The quantitative estimate of drug-likeness (QED) is 0.576. The number of nitrogens with two attached hydrogens (primary N) is 1.